The molecule has 0 aliphatic heterocycles. The molecule has 0 aliphatic rings. The largest absolute Gasteiger partial charge is 0.325 e. The highest BCUT2D eigenvalue weighted by atomic mass is 35.5. The molecule has 2 aromatic rings. The van der Waals surface area contributed by atoms with E-state index in [-0.39, 0.29) is 18.3 Å². The van der Waals surface area contributed by atoms with Gasteiger partial charge in [-0.3, -0.25) is 4.79 Å². The van der Waals surface area contributed by atoms with E-state index in [2.05, 4.69) is 10.6 Å². The minimum Gasteiger partial charge on any atom is -0.325 e. The maximum atomic E-state index is 12.7. The Bertz CT molecular complexity index is 569. The third-order valence-electron chi connectivity index (χ3n) is 2.66. The molecule has 0 bridgehead atoms. The van der Waals surface area contributed by atoms with Crippen molar-refractivity contribution in [2.24, 2.45) is 0 Å². The molecule has 2 N–H and O–H groups in total. The van der Waals surface area contributed by atoms with E-state index in [9.17, 15) is 9.18 Å². The second kappa shape index (κ2) is 7.03. The molecule has 3 nitrogen and oxygen atoms in total. The highest BCUT2D eigenvalue weighted by Gasteiger charge is 2.02. The third-order valence-corrected chi connectivity index (χ3v) is 2.91. The van der Waals surface area contributed by atoms with Gasteiger partial charge in [0.15, 0.2) is 0 Å². The zero-order valence-electron chi connectivity index (χ0n) is 10.7. The van der Waals surface area contributed by atoms with Crippen LogP contribution >= 0.6 is 11.6 Å². The van der Waals surface area contributed by atoms with E-state index in [1.54, 1.807) is 12.1 Å². The molecule has 0 saturated heterocycles. The number of hydrogen-bond acceptors (Lipinski definition) is 2. The summed E-state index contributed by atoms with van der Waals surface area (Å²) in [6, 6.07) is 13.0. The molecule has 1 amide bonds. The molecule has 0 aromatic heterocycles. The number of carbonyl (C=O) groups is 1. The number of halogens is 2. The van der Waals surface area contributed by atoms with E-state index in [0.717, 1.165) is 5.56 Å². The van der Waals surface area contributed by atoms with E-state index >= 15 is 0 Å². The van der Waals surface area contributed by atoms with Crippen molar-refractivity contribution in [2.75, 3.05) is 11.9 Å². The van der Waals surface area contributed by atoms with E-state index in [0.29, 0.717) is 17.3 Å². The van der Waals surface area contributed by atoms with Crippen molar-refractivity contribution < 1.29 is 9.18 Å². The van der Waals surface area contributed by atoms with Crippen LogP contribution in [0.3, 0.4) is 0 Å². The van der Waals surface area contributed by atoms with Crippen molar-refractivity contribution in [1.82, 2.24) is 5.32 Å². The van der Waals surface area contributed by atoms with Crippen LogP contribution in [-0.4, -0.2) is 12.5 Å². The fraction of sp³-hybridized carbons (Fsp3) is 0.133. The van der Waals surface area contributed by atoms with E-state index in [4.69, 9.17) is 11.6 Å². The van der Waals surface area contributed by atoms with Crippen molar-refractivity contribution in [1.29, 1.82) is 0 Å². The van der Waals surface area contributed by atoms with Crippen molar-refractivity contribution >= 4 is 23.2 Å². The van der Waals surface area contributed by atoms with Gasteiger partial charge in [0.2, 0.25) is 5.91 Å². The smallest absolute Gasteiger partial charge is 0.238 e. The Kier molecular flexibility index (Phi) is 5.09. The second-order valence-corrected chi connectivity index (χ2v) is 4.72. The minimum atomic E-state index is -0.330. The predicted molar refractivity (Wildman–Crippen MR) is 78.2 cm³/mol. The molecule has 0 radical (unpaired) electrons. The Morgan fingerprint density at radius 2 is 1.70 bits per heavy atom. The predicted octanol–water partition coefficient (Wildman–Crippen LogP) is 3.21. The molecule has 2 rings (SSSR count). The van der Waals surface area contributed by atoms with Gasteiger partial charge >= 0.3 is 0 Å². The molecule has 0 fully saturated rings. The molecule has 0 atom stereocenters. The quantitative estimate of drug-likeness (QED) is 0.888. The van der Waals surface area contributed by atoms with Gasteiger partial charge in [-0.05, 0) is 42.0 Å². The van der Waals surface area contributed by atoms with Gasteiger partial charge < -0.3 is 10.6 Å². The van der Waals surface area contributed by atoms with Crippen molar-refractivity contribution in [2.45, 2.75) is 6.54 Å². The summed E-state index contributed by atoms with van der Waals surface area (Å²) in [7, 11) is 0. The zero-order chi connectivity index (χ0) is 14.4. The van der Waals surface area contributed by atoms with E-state index in [1.807, 2.05) is 12.1 Å². The number of benzene rings is 2. The summed E-state index contributed by atoms with van der Waals surface area (Å²) in [6.45, 7) is 0.758. The van der Waals surface area contributed by atoms with Crippen LogP contribution in [0.5, 0.6) is 0 Å². The Labute approximate surface area is 121 Å². The van der Waals surface area contributed by atoms with Gasteiger partial charge in [-0.2, -0.15) is 0 Å². The summed E-state index contributed by atoms with van der Waals surface area (Å²) in [5.74, 6) is -0.505. The van der Waals surface area contributed by atoms with Crippen LogP contribution in [0.4, 0.5) is 10.1 Å². The van der Waals surface area contributed by atoms with Crippen LogP contribution in [0.25, 0.3) is 0 Å². The van der Waals surface area contributed by atoms with Gasteiger partial charge in [0.1, 0.15) is 5.82 Å². The van der Waals surface area contributed by atoms with E-state index in [1.165, 1.54) is 24.3 Å². The third kappa shape index (κ3) is 4.64. The maximum Gasteiger partial charge on any atom is 0.238 e. The lowest BCUT2D eigenvalue weighted by Gasteiger charge is -2.07. The van der Waals surface area contributed by atoms with Crippen LogP contribution in [0, 0.1) is 5.82 Å². The molecule has 5 heteroatoms. The molecule has 0 saturated carbocycles. The number of nitrogens with one attached hydrogen (secondary N) is 2. The first-order valence-electron chi connectivity index (χ1n) is 6.14. The summed E-state index contributed by atoms with van der Waals surface area (Å²) in [6.07, 6.45) is 0. The molecular formula is C15H14ClFN2O. The lowest BCUT2D eigenvalue weighted by atomic mass is 10.2. The minimum absolute atomic E-state index is 0.175. The number of rotatable bonds is 5. The van der Waals surface area contributed by atoms with Crippen LogP contribution < -0.4 is 10.6 Å². The molecule has 0 spiro atoms. The van der Waals surface area contributed by atoms with Gasteiger partial charge in [0.25, 0.3) is 0 Å². The Morgan fingerprint density at radius 1 is 1.05 bits per heavy atom. The number of anilines is 1. The number of carbonyl (C=O) groups excluding carboxylic acids is 1. The molecular weight excluding hydrogens is 279 g/mol. The van der Waals surface area contributed by atoms with Gasteiger partial charge in [0.05, 0.1) is 6.54 Å². The summed E-state index contributed by atoms with van der Waals surface area (Å²) in [4.78, 5) is 11.7. The average Bonchev–Trinajstić information content (AvgIpc) is 2.44. The molecule has 0 heterocycles. The topological polar surface area (TPSA) is 41.1 Å². The SMILES string of the molecule is O=C(CNCc1ccc(Cl)cc1)Nc1ccc(F)cc1. The molecule has 104 valence electrons. The van der Waals surface area contributed by atoms with Gasteiger partial charge in [-0.15, -0.1) is 0 Å². The molecule has 20 heavy (non-hydrogen) atoms. The first-order chi connectivity index (χ1) is 9.63. The number of amides is 1. The standard InChI is InChI=1S/C15H14ClFN2O/c16-12-3-1-11(2-4-12)9-18-10-15(20)19-14-7-5-13(17)6-8-14/h1-8,18H,9-10H2,(H,19,20). The summed E-state index contributed by atoms with van der Waals surface area (Å²) < 4.78 is 12.7. The van der Waals surface area contributed by atoms with Crippen molar-refractivity contribution in [3.05, 3.63) is 64.9 Å². The van der Waals surface area contributed by atoms with Gasteiger partial charge in [0, 0.05) is 17.3 Å². The van der Waals surface area contributed by atoms with Crippen molar-refractivity contribution in [3.8, 4) is 0 Å². The Hall–Kier alpha value is -1.91. The van der Waals surface area contributed by atoms with Crippen LogP contribution in [0.2, 0.25) is 5.02 Å². The average molecular weight is 293 g/mol. The lowest BCUT2D eigenvalue weighted by Crippen LogP contribution is -2.27. The fourth-order valence-corrected chi connectivity index (χ4v) is 1.79. The van der Waals surface area contributed by atoms with Crippen LogP contribution in [-0.2, 0) is 11.3 Å². The summed E-state index contributed by atoms with van der Waals surface area (Å²) >= 11 is 5.79. The van der Waals surface area contributed by atoms with Crippen molar-refractivity contribution in [3.63, 3.8) is 0 Å². The molecule has 0 unspecified atom stereocenters. The number of hydrogen-bond donors (Lipinski definition) is 2. The first kappa shape index (κ1) is 14.5. The second-order valence-electron chi connectivity index (χ2n) is 4.29. The zero-order valence-corrected chi connectivity index (χ0v) is 11.5. The monoisotopic (exact) mass is 292 g/mol. The fourth-order valence-electron chi connectivity index (χ4n) is 1.66. The highest BCUT2D eigenvalue weighted by molar-refractivity contribution is 6.30. The normalized spacial score (nSPS) is 10.3. The van der Waals surface area contributed by atoms with Gasteiger partial charge in [-0.25, -0.2) is 4.39 Å². The molecule has 0 aliphatic carbocycles. The lowest BCUT2D eigenvalue weighted by molar-refractivity contribution is -0.115. The first-order valence-corrected chi connectivity index (χ1v) is 6.52. The van der Waals surface area contributed by atoms with E-state index < -0.39 is 0 Å². The Morgan fingerprint density at radius 3 is 2.35 bits per heavy atom. The van der Waals surface area contributed by atoms with Gasteiger partial charge in [-0.1, -0.05) is 23.7 Å². The summed E-state index contributed by atoms with van der Waals surface area (Å²) in [5.41, 5.74) is 1.62. The highest BCUT2D eigenvalue weighted by Crippen LogP contribution is 2.09. The van der Waals surface area contributed by atoms with Crippen LogP contribution in [0.15, 0.2) is 48.5 Å². The Balaban J connectivity index is 1.75. The summed E-state index contributed by atoms with van der Waals surface area (Å²) in [5, 5.41) is 6.38. The maximum absolute atomic E-state index is 12.7. The van der Waals surface area contributed by atoms with Crippen LogP contribution in [0.1, 0.15) is 5.56 Å². The molecule has 2 aromatic carbocycles.